The van der Waals surface area contributed by atoms with Gasteiger partial charge in [0, 0.05) is 29.7 Å². The lowest BCUT2D eigenvalue weighted by atomic mass is 10.0. The van der Waals surface area contributed by atoms with Crippen LogP contribution in [0.4, 0.5) is 0 Å². The second-order valence-electron chi connectivity index (χ2n) is 8.78. The average Bonchev–Trinajstić information content (AvgIpc) is 3.38. The highest BCUT2D eigenvalue weighted by molar-refractivity contribution is 5.82. The SMILES string of the molecule is CN1CCC(N(C)Cc2cn(Cc3ccccc3)nc2-c2cc3ccccc3o2)CC1. The first-order chi connectivity index (χ1) is 15.2. The van der Waals surface area contributed by atoms with Gasteiger partial charge in [-0.25, -0.2) is 0 Å². The molecule has 160 valence electrons. The van der Waals surface area contributed by atoms with Crippen LogP contribution in [0.1, 0.15) is 24.0 Å². The van der Waals surface area contributed by atoms with Crippen molar-refractivity contribution in [3.05, 3.63) is 78.0 Å². The second-order valence-corrected chi connectivity index (χ2v) is 8.78. The van der Waals surface area contributed by atoms with E-state index >= 15 is 0 Å². The Labute approximate surface area is 183 Å². The molecule has 0 bridgehead atoms. The Morgan fingerprint density at radius 3 is 2.55 bits per heavy atom. The molecule has 0 radical (unpaired) electrons. The van der Waals surface area contributed by atoms with E-state index in [1.165, 1.54) is 37.1 Å². The zero-order valence-corrected chi connectivity index (χ0v) is 18.4. The smallest absolute Gasteiger partial charge is 0.156 e. The lowest BCUT2D eigenvalue weighted by molar-refractivity contribution is 0.139. The Kier molecular flexibility index (Phi) is 5.62. The molecule has 5 nitrogen and oxygen atoms in total. The van der Waals surface area contributed by atoms with Crippen LogP contribution in [0.15, 0.2) is 71.3 Å². The van der Waals surface area contributed by atoms with E-state index in [4.69, 9.17) is 9.52 Å². The lowest BCUT2D eigenvalue weighted by Gasteiger charge is -2.35. The largest absolute Gasteiger partial charge is 0.454 e. The molecule has 5 heteroatoms. The summed E-state index contributed by atoms with van der Waals surface area (Å²) in [5, 5.41) is 6.08. The third kappa shape index (κ3) is 4.43. The lowest BCUT2D eigenvalue weighted by Crippen LogP contribution is -2.41. The maximum atomic E-state index is 6.20. The zero-order chi connectivity index (χ0) is 21.2. The van der Waals surface area contributed by atoms with Crippen LogP contribution in [-0.2, 0) is 13.1 Å². The summed E-state index contributed by atoms with van der Waals surface area (Å²) in [5.41, 5.74) is 4.32. The van der Waals surface area contributed by atoms with Gasteiger partial charge in [0.1, 0.15) is 11.3 Å². The summed E-state index contributed by atoms with van der Waals surface area (Å²) in [6.45, 7) is 3.96. The van der Waals surface area contributed by atoms with Gasteiger partial charge in [0.2, 0.25) is 0 Å². The van der Waals surface area contributed by atoms with Gasteiger partial charge >= 0.3 is 0 Å². The van der Waals surface area contributed by atoms with E-state index < -0.39 is 0 Å². The van der Waals surface area contributed by atoms with Gasteiger partial charge in [-0.05, 0) is 57.7 Å². The van der Waals surface area contributed by atoms with Crippen molar-refractivity contribution < 1.29 is 4.42 Å². The fourth-order valence-electron chi connectivity index (χ4n) is 4.57. The number of fused-ring (bicyclic) bond motifs is 1. The fourth-order valence-corrected chi connectivity index (χ4v) is 4.57. The second kappa shape index (κ2) is 8.69. The Morgan fingerprint density at radius 1 is 1.03 bits per heavy atom. The maximum Gasteiger partial charge on any atom is 0.156 e. The molecule has 0 spiro atoms. The highest BCUT2D eigenvalue weighted by Gasteiger charge is 2.23. The van der Waals surface area contributed by atoms with Crippen LogP contribution in [0.2, 0.25) is 0 Å². The first-order valence-electron chi connectivity index (χ1n) is 11.1. The minimum atomic E-state index is 0.609. The molecule has 0 N–H and O–H groups in total. The monoisotopic (exact) mass is 414 g/mol. The Hall–Kier alpha value is -2.89. The molecule has 1 aliphatic rings. The van der Waals surface area contributed by atoms with Crippen molar-refractivity contribution in [2.75, 3.05) is 27.2 Å². The van der Waals surface area contributed by atoms with Crippen LogP contribution in [-0.4, -0.2) is 52.8 Å². The molecule has 0 atom stereocenters. The zero-order valence-electron chi connectivity index (χ0n) is 18.4. The van der Waals surface area contributed by atoms with Gasteiger partial charge in [-0.2, -0.15) is 5.10 Å². The van der Waals surface area contributed by atoms with Gasteiger partial charge in [0.05, 0.1) is 6.54 Å². The van der Waals surface area contributed by atoms with Gasteiger partial charge in [-0.1, -0.05) is 48.5 Å². The summed E-state index contributed by atoms with van der Waals surface area (Å²) >= 11 is 0. The van der Waals surface area contributed by atoms with Crippen molar-refractivity contribution in [3.63, 3.8) is 0 Å². The van der Waals surface area contributed by atoms with Crippen LogP contribution in [0.5, 0.6) is 0 Å². The molecule has 31 heavy (non-hydrogen) atoms. The number of likely N-dealkylation sites (tertiary alicyclic amines) is 1. The van der Waals surface area contributed by atoms with Gasteiger partial charge in [0.15, 0.2) is 5.76 Å². The Balaban J connectivity index is 1.45. The number of hydrogen-bond acceptors (Lipinski definition) is 4. The van der Waals surface area contributed by atoms with E-state index in [0.717, 1.165) is 35.5 Å². The molecule has 0 saturated carbocycles. The Morgan fingerprint density at radius 2 is 1.77 bits per heavy atom. The number of hydrogen-bond donors (Lipinski definition) is 0. The summed E-state index contributed by atoms with van der Waals surface area (Å²) in [4.78, 5) is 4.91. The molecule has 2 aromatic carbocycles. The molecule has 0 aliphatic carbocycles. The van der Waals surface area contributed by atoms with Crippen molar-refractivity contribution in [2.45, 2.75) is 32.0 Å². The molecule has 1 fully saturated rings. The average molecular weight is 415 g/mol. The normalized spacial score (nSPS) is 15.8. The number of nitrogens with zero attached hydrogens (tertiary/aromatic N) is 4. The third-order valence-corrected chi connectivity index (χ3v) is 6.41. The molecule has 0 unspecified atom stereocenters. The standard InChI is InChI=1S/C26H30N4O/c1-28-14-12-23(13-15-28)29(2)18-22-19-30(17-20-8-4-3-5-9-20)27-26(22)25-16-21-10-6-7-11-24(21)31-25/h3-11,16,19,23H,12-15,17-18H2,1-2H3. The predicted octanol–water partition coefficient (Wildman–Crippen LogP) is 4.87. The minimum absolute atomic E-state index is 0.609. The highest BCUT2D eigenvalue weighted by Crippen LogP contribution is 2.30. The number of benzene rings is 2. The van der Waals surface area contributed by atoms with Crippen LogP contribution in [0, 0.1) is 0 Å². The fraction of sp³-hybridized carbons (Fsp3) is 0.346. The van der Waals surface area contributed by atoms with Gasteiger partial charge in [0.25, 0.3) is 0 Å². The van der Waals surface area contributed by atoms with Crippen molar-refractivity contribution in [1.82, 2.24) is 19.6 Å². The van der Waals surface area contributed by atoms with E-state index in [2.05, 4.69) is 77.2 Å². The van der Waals surface area contributed by atoms with Gasteiger partial charge in [-0.15, -0.1) is 0 Å². The van der Waals surface area contributed by atoms with Crippen molar-refractivity contribution >= 4 is 11.0 Å². The molecule has 0 amide bonds. The van der Waals surface area contributed by atoms with Crippen LogP contribution in [0.25, 0.3) is 22.4 Å². The number of rotatable bonds is 6. The van der Waals surface area contributed by atoms with Crippen molar-refractivity contribution in [1.29, 1.82) is 0 Å². The van der Waals surface area contributed by atoms with E-state index in [-0.39, 0.29) is 0 Å². The quantitative estimate of drug-likeness (QED) is 0.451. The van der Waals surface area contributed by atoms with E-state index in [9.17, 15) is 0 Å². The first kappa shape index (κ1) is 20.0. The summed E-state index contributed by atoms with van der Waals surface area (Å²) in [5.74, 6) is 0.847. The molecule has 3 heterocycles. The molecule has 1 saturated heterocycles. The summed E-state index contributed by atoms with van der Waals surface area (Å²) in [6.07, 6.45) is 4.62. The number of aromatic nitrogens is 2. The van der Waals surface area contributed by atoms with Crippen LogP contribution >= 0.6 is 0 Å². The molecular formula is C26H30N4O. The van der Waals surface area contributed by atoms with Gasteiger partial charge < -0.3 is 9.32 Å². The predicted molar refractivity (Wildman–Crippen MR) is 125 cm³/mol. The molecule has 2 aromatic heterocycles. The topological polar surface area (TPSA) is 37.4 Å². The Bertz CT molecular complexity index is 1110. The van der Waals surface area contributed by atoms with Crippen molar-refractivity contribution in [2.24, 2.45) is 0 Å². The first-order valence-corrected chi connectivity index (χ1v) is 11.1. The highest BCUT2D eigenvalue weighted by atomic mass is 16.3. The van der Waals surface area contributed by atoms with E-state index in [0.29, 0.717) is 6.04 Å². The third-order valence-electron chi connectivity index (χ3n) is 6.41. The van der Waals surface area contributed by atoms with Gasteiger partial charge in [-0.3, -0.25) is 9.58 Å². The van der Waals surface area contributed by atoms with E-state index in [1.807, 2.05) is 18.2 Å². The number of para-hydroxylation sites is 1. The summed E-state index contributed by atoms with van der Waals surface area (Å²) in [6, 6.07) is 21.4. The molecule has 5 rings (SSSR count). The van der Waals surface area contributed by atoms with Crippen molar-refractivity contribution in [3.8, 4) is 11.5 Å². The minimum Gasteiger partial charge on any atom is -0.454 e. The molecule has 4 aromatic rings. The van der Waals surface area contributed by atoms with E-state index in [1.54, 1.807) is 0 Å². The molecular weight excluding hydrogens is 384 g/mol. The summed E-state index contributed by atoms with van der Waals surface area (Å²) < 4.78 is 8.25. The summed E-state index contributed by atoms with van der Waals surface area (Å²) in [7, 11) is 4.45. The maximum absolute atomic E-state index is 6.20. The number of piperidine rings is 1. The van der Waals surface area contributed by atoms with Crippen LogP contribution in [0.3, 0.4) is 0 Å². The number of furan rings is 1. The van der Waals surface area contributed by atoms with Crippen LogP contribution < -0.4 is 0 Å². The molecule has 1 aliphatic heterocycles.